The normalized spacial score (nSPS) is 15.3. The van der Waals surface area contributed by atoms with E-state index in [4.69, 9.17) is 5.11 Å². The second-order valence-corrected chi connectivity index (χ2v) is 6.13. The number of aliphatic hydroxyl groups is 1. The summed E-state index contributed by atoms with van der Waals surface area (Å²) in [6.45, 7) is 2.90. The highest BCUT2D eigenvalue weighted by atomic mass is 35.5. The Balaban J connectivity index is 0.00000243. The Morgan fingerprint density at radius 2 is 1.92 bits per heavy atom. The predicted octanol–water partition coefficient (Wildman–Crippen LogP) is 0.156. The van der Waals surface area contributed by atoms with Crippen LogP contribution >= 0.6 is 12.4 Å². The maximum atomic E-state index is 13.0. The monoisotopic (exact) mass is 381 g/mol. The Kier molecular flexibility index (Phi) is 7.38. The second kappa shape index (κ2) is 9.51. The van der Waals surface area contributed by atoms with E-state index in [1.807, 2.05) is 4.90 Å². The van der Waals surface area contributed by atoms with E-state index in [1.54, 1.807) is 35.1 Å². The van der Waals surface area contributed by atoms with Gasteiger partial charge in [0.2, 0.25) is 5.91 Å². The molecule has 142 valence electrons. The van der Waals surface area contributed by atoms with Crippen LogP contribution < -0.4 is 5.32 Å². The number of carbonyl (C=O) groups excluding carboxylic acids is 1. The fraction of sp³-hybridized carbons (Fsp3) is 0.471. The molecule has 26 heavy (non-hydrogen) atoms. The molecule has 0 spiro atoms. The van der Waals surface area contributed by atoms with Gasteiger partial charge in [-0.05, 0) is 17.7 Å². The highest BCUT2D eigenvalue weighted by Gasteiger charge is 2.28. The maximum absolute atomic E-state index is 13.0. The van der Waals surface area contributed by atoms with Crippen LogP contribution in [0.4, 0.5) is 0 Å². The first-order chi connectivity index (χ1) is 12.2. The number of amides is 1. The van der Waals surface area contributed by atoms with E-state index in [0.29, 0.717) is 31.6 Å². The van der Waals surface area contributed by atoms with Crippen LogP contribution in [0.3, 0.4) is 0 Å². The summed E-state index contributed by atoms with van der Waals surface area (Å²) in [6, 6.07) is 6.33. The van der Waals surface area contributed by atoms with Crippen LogP contribution in [-0.2, 0) is 17.6 Å². The van der Waals surface area contributed by atoms with E-state index in [9.17, 15) is 9.90 Å². The lowest BCUT2D eigenvalue weighted by Crippen LogP contribution is -2.49. The summed E-state index contributed by atoms with van der Waals surface area (Å²) in [6.07, 6.45) is 2.60. The van der Waals surface area contributed by atoms with Crippen LogP contribution in [0.2, 0.25) is 0 Å². The van der Waals surface area contributed by atoms with Gasteiger partial charge in [0.1, 0.15) is 11.8 Å². The van der Waals surface area contributed by atoms with Crippen LogP contribution in [0.1, 0.15) is 17.3 Å². The molecule has 1 aliphatic rings. The molecule has 8 nitrogen and oxygen atoms in total. The fourth-order valence-corrected chi connectivity index (χ4v) is 2.94. The van der Waals surface area contributed by atoms with Crippen LogP contribution in [0, 0.1) is 0 Å². The summed E-state index contributed by atoms with van der Waals surface area (Å²) in [5.41, 5.74) is 1.59. The molecule has 0 unspecified atom stereocenters. The van der Waals surface area contributed by atoms with Crippen molar-refractivity contribution in [1.82, 2.24) is 25.2 Å². The molecule has 0 bridgehead atoms. The minimum Gasteiger partial charge on any atom is -0.508 e. The fourth-order valence-electron chi connectivity index (χ4n) is 2.94. The molecule has 1 aromatic heterocycles. The lowest BCUT2D eigenvalue weighted by atomic mass is 10.0. The number of halogens is 1. The first-order valence-electron chi connectivity index (χ1n) is 8.46. The number of carbonyl (C=O) groups is 1. The first-order valence-corrected chi connectivity index (χ1v) is 8.46. The second-order valence-electron chi connectivity index (χ2n) is 6.13. The Labute approximate surface area is 158 Å². The third kappa shape index (κ3) is 4.94. The number of piperazine rings is 1. The summed E-state index contributed by atoms with van der Waals surface area (Å²) in [5.74, 6) is 0.203. The van der Waals surface area contributed by atoms with Crippen molar-refractivity contribution in [3.8, 4) is 5.75 Å². The van der Waals surface area contributed by atoms with Gasteiger partial charge < -0.3 is 20.4 Å². The topological polar surface area (TPSA) is 104 Å². The summed E-state index contributed by atoms with van der Waals surface area (Å²) in [4.78, 5) is 14.9. The minimum atomic E-state index is -0.498. The van der Waals surface area contributed by atoms with Crippen molar-refractivity contribution >= 4 is 18.3 Å². The molecule has 0 aliphatic carbocycles. The van der Waals surface area contributed by atoms with Crippen molar-refractivity contribution in [3.05, 3.63) is 41.7 Å². The number of hydrogen-bond donors (Lipinski definition) is 3. The molecule has 3 N–H and O–H groups in total. The van der Waals surface area contributed by atoms with Gasteiger partial charge in [-0.3, -0.25) is 4.79 Å². The number of rotatable bonds is 6. The highest BCUT2D eigenvalue weighted by molar-refractivity contribution is 5.85. The number of nitrogens with zero attached hydrogens (tertiary/aromatic N) is 4. The van der Waals surface area contributed by atoms with Crippen LogP contribution in [0.25, 0.3) is 0 Å². The van der Waals surface area contributed by atoms with E-state index in [2.05, 4.69) is 15.6 Å². The maximum Gasteiger partial charge on any atom is 0.247 e. The molecule has 1 fully saturated rings. The molecule has 2 aromatic rings. The lowest BCUT2D eigenvalue weighted by Gasteiger charge is -2.30. The molecule has 3 rings (SSSR count). The van der Waals surface area contributed by atoms with Gasteiger partial charge in [0.25, 0.3) is 0 Å². The number of nitrogens with one attached hydrogen (secondary N) is 1. The van der Waals surface area contributed by atoms with E-state index in [0.717, 1.165) is 18.7 Å². The molecule has 1 aromatic carbocycles. The minimum absolute atomic E-state index is 0. The van der Waals surface area contributed by atoms with Crippen molar-refractivity contribution in [2.24, 2.45) is 0 Å². The van der Waals surface area contributed by atoms with Crippen molar-refractivity contribution in [1.29, 1.82) is 0 Å². The van der Waals surface area contributed by atoms with Crippen molar-refractivity contribution in [2.45, 2.75) is 18.9 Å². The van der Waals surface area contributed by atoms with Crippen LogP contribution in [0.5, 0.6) is 5.75 Å². The van der Waals surface area contributed by atoms with Crippen molar-refractivity contribution in [2.75, 3.05) is 32.8 Å². The summed E-state index contributed by atoms with van der Waals surface area (Å²) in [5, 5.41) is 29.9. The number of aliphatic hydroxyl groups excluding tert-OH is 1. The predicted molar refractivity (Wildman–Crippen MR) is 98.4 cm³/mol. The number of aromatic hydroxyl groups is 1. The smallest absolute Gasteiger partial charge is 0.247 e. The largest absolute Gasteiger partial charge is 0.508 e. The van der Waals surface area contributed by atoms with Gasteiger partial charge in [0.15, 0.2) is 0 Å². The average Bonchev–Trinajstić information content (AvgIpc) is 3.10. The highest BCUT2D eigenvalue weighted by Crippen LogP contribution is 2.19. The van der Waals surface area contributed by atoms with Crippen molar-refractivity contribution < 1.29 is 15.0 Å². The van der Waals surface area contributed by atoms with Gasteiger partial charge in [0, 0.05) is 51.8 Å². The van der Waals surface area contributed by atoms with E-state index in [1.165, 1.54) is 0 Å². The molecular formula is C17H24ClN5O3. The quantitative estimate of drug-likeness (QED) is 0.658. The Hall–Kier alpha value is -2.16. The summed E-state index contributed by atoms with van der Waals surface area (Å²) in [7, 11) is 0. The molecule has 2 heterocycles. The summed E-state index contributed by atoms with van der Waals surface area (Å²) >= 11 is 0. The van der Waals surface area contributed by atoms with Gasteiger partial charge >= 0.3 is 0 Å². The third-order valence-electron chi connectivity index (χ3n) is 4.32. The molecule has 1 aliphatic heterocycles. The molecule has 1 amide bonds. The Morgan fingerprint density at radius 1 is 1.23 bits per heavy atom. The molecule has 1 atom stereocenters. The molecule has 0 radical (unpaired) electrons. The lowest BCUT2D eigenvalue weighted by molar-refractivity contribution is -0.135. The Morgan fingerprint density at radius 3 is 2.58 bits per heavy atom. The van der Waals surface area contributed by atoms with Gasteiger partial charge in [-0.25, -0.2) is 4.68 Å². The van der Waals surface area contributed by atoms with Crippen molar-refractivity contribution in [3.63, 3.8) is 0 Å². The number of phenolic OH excluding ortho intramolecular Hbond substituents is 1. The van der Waals surface area contributed by atoms with Gasteiger partial charge in [-0.15, -0.1) is 17.5 Å². The molecule has 0 saturated carbocycles. The standard InChI is InChI=1S/C17H23N5O3.ClH/c23-10-5-14-12-22(20-19-14)16(11-13-1-3-15(24)4-2-13)17(25)21-8-6-18-7-9-21;/h1-4,12,16,18,23-24H,5-11H2;1H/t16-;/m0./s1. The SMILES string of the molecule is Cl.O=C([C@H](Cc1ccc(O)cc1)n1cc(CCO)nn1)N1CCNCC1. The molecule has 9 heteroatoms. The zero-order chi connectivity index (χ0) is 17.6. The van der Waals surface area contributed by atoms with Gasteiger partial charge in [0.05, 0.1) is 5.69 Å². The van der Waals surface area contributed by atoms with E-state index >= 15 is 0 Å². The number of benzene rings is 1. The van der Waals surface area contributed by atoms with Gasteiger partial charge in [-0.2, -0.15) is 0 Å². The molecule has 1 saturated heterocycles. The zero-order valence-electron chi connectivity index (χ0n) is 14.4. The van der Waals surface area contributed by atoms with Crippen LogP contribution in [-0.4, -0.2) is 68.8 Å². The number of hydrogen-bond acceptors (Lipinski definition) is 6. The summed E-state index contributed by atoms with van der Waals surface area (Å²) < 4.78 is 1.59. The van der Waals surface area contributed by atoms with Crippen LogP contribution in [0.15, 0.2) is 30.5 Å². The zero-order valence-corrected chi connectivity index (χ0v) is 15.2. The molecular weight excluding hydrogens is 358 g/mol. The van der Waals surface area contributed by atoms with E-state index in [-0.39, 0.29) is 30.7 Å². The Bertz CT molecular complexity index is 701. The average molecular weight is 382 g/mol. The number of phenols is 1. The van der Waals surface area contributed by atoms with E-state index < -0.39 is 6.04 Å². The van der Waals surface area contributed by atoms with Gasteiger partial charge in [-0.1, -0.05) is 17.3 Å². The number of aromatic nitrogens is 3. The first kappa shape index (κ1) is 20.2. The third-order valence-corrected chi connectivity index (χ3v) is 4.32.